The number of rotatable bonds is 6. The van der Waals surface area contributed by atoms with E-state index in [-0.39, 0.29) is 19.0 Å². The number of nitrogens with one attached hydrogen (secondary N) is 1. The highest BCUT2D eigenvalue weighted by molar-refractivity contribution is 5.97. The normalized spacial score (nSPS) is 10.9. The minimum absolute atomic E-state index is 0.135. The van der Waals surface area contributed by atoms with Crippen molar-refractivity contribution in [2.75, 3.05) is 0 Å². The van der Waals surface area contributed by atoms with Crippen LogP contribution in [0.4, 0.5) is 0 Å². The van der Waals surface area contributed by atoms with Crippen LogP contribution in [-0.4, -0.2) is 46.3 Å². The van der Waals surface area contributed by atoms with Crippen LogP contribution in [0, 0.1) is 13.8 Å². The van der Waals surface area contributed by atoms with Crippen LogP contribution in [0.3, 0.4) is 0 Å². The second kappa shape index (κ2) is 6.82. The third kappa shape index (κ3) is 3.34. The molecule has 0 aromatic carbocycles. The van der Waals surface area contributed by atoms with E-state index in [1.165, 1.54) is 17.1 Å². The molecule has 0 aliphatic carbocycles. The standard InChI is InChI=1S/C16H19N7O3/c1-10-4-5-11(2)23(10)16-13(7-18-21(16)3)15(26)17-6-12-8-22(20-19-12)9-14(24)25/h4-5,7-8H,6,9H2,1-3H3,(H,17,26)(H,24,25). The molecule has 0 aliphatic heterocycles. The summed E-state index contributed by atoms with van der Waals surface area (Å²) in [5, 5.41) is 23.3. The Morgan fingerprint density at radius 2 is 1.92 bits per heavy atom. The lowest BCUT2D eigenvalue weighted by Crippen LogP contribution is -2.24. The summed E-state index contributed by atoms with van der Waals surface area (Å²) in [6.07, 6.45) is 3.00. The second-order valence-corrected chi connectivity index (χ2v) is 5.94. The van der Waals surface area contributed by atoms with Crippen molar-refractivity contribution in [2.24, 2.45) is 7.05 Å². The molecule has 3 aromatic rings. The third-order valence-electron chi connectivity index (χ3n) is 3.95. The average molecular weight is 357 g/mol. The van der Waals surface area contributed by atoms with E-state index < -0.39 is 5.97 Å². The van der Waals surface area contributed by atoms with Crippen molar-refractivity contribution in [2.45, 2.75) is 26.9 Å². The summed E-state index contributed by atoms with van der Waals surface area (Å²) in [6.45, 7) is 3.78. The first kappa shape index (κ1) is 17.4. The first-order chi connectivity index (χ1) is 12.4. The smallest absolute Gasteiger partial charge is 0.325 e. The maximum atomic E-state index is 12.6. The summed E-state index contributed by atoms with van der Waals surface area (Å²) in [6, 6.07) is 3.95. The lowest BCUT2D eigenvalue weighted by molar-refractivity contribution is -0.137. The molecule has 3 rings (SSSR count). The summed E-state index contributed by atoms with van der Waals surface area (Å²) >= 11 is 0. The van der Waals surface area contributed by atoms with Crippen molar-refractivity contribution >= 4 is 11.9 Å². The average Bonchev–Trinajstić information content (AvgIpc) is 3.25. The Balaban J connectivity index is 1.77. The summed E-state index contributed by atoms with van der Waals surface area (Å²) in [4.78, 5) is 23.3. The molecular formula is C16H19N7O3. The molecule has 0 radical (unpaired) electrons. The molecule has 10 heteroatoms. The van der Waals surface area contributed by atoms with Crippen LogP contribution in [0.15, 0.2) is 24.5 Å². The Bertz CT molecular complexity index is 947. The van der Waals surface area contributed by atoms with Gasteiger partial charge in [-0.2, -0.15) is 5.10 Å². The van der Waals surface area contributed by atoms with Gasteiger partial charge in [0.25, 0.3) is 5.91 Å². The van der Waals surface area contributed by atoms with Gasteiger partial charge in [0.15, 0.2) is 0 Å². The maximum absolute atomic E-state index is 12.6. The van der Waals surface area contributed by atoms with Gasteiger partial charge in [0.05, 0.1) is 18.9 Å². The Kier molecular flexibility index (Phi) is 4.57. The van der Waals surface area contributed by atoms with E-state index in [1.54, 1.807) is 11.7 Å². The van der Waals surface area contributed by atoms with Gasteiger partial charge in [0.2, 0.25) is 0 Å². The van der Waals surface area contributed by atoms with Gasteiger partial charge in [0.1, 0.15) is 23.6 Å². The fraction of sp³-hybridized carbons (Fsp3) is 0.312. The molecule has 0 spiro atoms. The monoisotopic (exact) mass is 357 g/mol. The van der Waals surface area contributed by atoms with Crippen LogP contribution in [-0.2, 0) is 24.9 Å². The molecule has 26 heavy (non-hydrogen) atoms. The van der Waals surface area contributed by atoms with Gasteiger partial charge in [-0.15, -0.1) is 5.10 Å². The highest BCUT2D eigenvalue weighted by atomic mass is 16.4. The molecule has 1 amide bonds. The fourth-order valence-electron chi connectivity index (χ4n) is 2.76. The van der Waals surface area contributed by atoms with E-state index in [4.69, 9.17) is 5.11 Å². The minimum Gasteiger partial charge on any atom is -0.480 e. The Morgan fingerprint density at radius 1 is 1.23 bits per heavy atom. The number of aromatic nitrogens is 6. The van der Waals surface area contributed by atoms with Crippen LogP contribution in [0.5, 0.6) is 0 Å². The summed E-state index contributed by atoms with van der Waals surface area (Å²) in [5.41, 5.74) is 2.90. The summed E-state index contributed by atoms with van der Waals surface area (Å²) in [5.74, 6) is -0.631. The fourth-order valence-corrected chi connectivity index (χ4v) is 2.76. The predicted molar refractivity (Wildman–Crippen MR) is 90.8 cm³/mol. The number of carboxylic acid groups (broad SMARTS) is 1. The quantitative estimate of drug-likeness (QED) is 0.660. The van der Waals surface area contributed by atoms with Crippen molar-refractivity contribution in [3.8, 4) is 5.82 Å². The Hall–Kier alpha value is -3.43. The van der Waals surface area contributed by atoms with E-state index in [0.29, 0.717) is 17.1 Å². The van der Waals surface area contributed by atoms with Crippen LogP contribution >= 0.6 is 0 Å². The minimum atomic E-state index is -1.01. The lowest BCUT2D eigenvalue weighted by atomic mass is 10.3. The number of hydrogen-bond donors (Lipinski definition) is 2. The van der Waals surface area contributed by atoms with E-state index in [9.17, 15) is 9.59 Å². The molecular weight excluding hydrogens is 338 g/mol. The van der Waals surface area contributed by atoms with Gasteiger partial charge >= 0.3 is 5.97 Å². The molecule has 3 aromatic heterocycles. The predicted octanol–water partition coefficient (Wildman–Crippen LogP) is 0.434. The number of amides is 1. The third-order valence-corrected chi connectivity index (χ3v) is 3.95. The van der Waals surface area contributed by atoms with Crippen molar-refractivity contribution in [3.05, 3.63) is 47.2 Å². The number of nitrogens with zero attached hydrogens (tertiary/aromatic N) is 6. The first-order valence-electron chi connectivity index (χ1n) is 7.93. The van der Waals surface area contributed by atoms with Gasteiger partial charge in [0, 0.05) is 18.4 Å². The van der Waals surface area contributed by atoms with Crippen molar-refractivity contribution in [3.63, 3.8) is 0 Å². The Morgan fingerprint density at radius 3 is 2.58 bits per heavy atom. The molecule has 3 heterocycles. The van der Waals surface area contributed by atoms with Gasteiger partial charge < -0.3 is 15.0 Å². The molecule has 0 aliphatic rings. The van der Waals surface area contributed by atoms with E-state index in [2.05, 4.69) is 20.7 Å². The van der Waals surface area contributed by atoms with Crippen molar-refractivity contribution in [1.82, 2.24) is 34.7 Å². The van der Waals surface area contributed by atoms with E-state index in [0.717, 1.165) is 11.4 Å². The van der Waals surface area contributed by atoms with E-state index in [1.807, 2.05) is 30.5 Å². The molecule has 2 N–H and O–H groups in total. The molecule has 136 valence electrons. The molecule has 0 saturated carbocycles. The highest BCUT2D eigenvalue weighted by Gasteiger charge is 2.20. The molecule has 0 saturated heterocycles. The van der Waals surface area contributed by atoms with Gasteiger partial charge in [-0.25, -0.2) is 4.68 Å². The zero-order chi connectivity index (χ0) is 18.8. The Labute approximate surface area is 149 Å². The van der Waals surface area contributed by atoms with Crippen LogP contribution in [0.1, 0.15) is 27.4 Å². The first-order valence-corrected chi connectivity index (χ1v) is 7.93. The van der Waals surface area contributed by atoms with Gasteiger partial charge in [-0.05, 0) is 26.0 Å². The topological polar surface area (TPSA) is 120 Å². The largest absolute Gasteiger partial charge is 0.480 e. The number of aryl methyl sites for hydroxylation is 3. The molecule has 0 atom stereocenters. The zero-order valence-electron chi connectivity index (χ0n) is 14.7. The molecule has 0 unspecified atom stereocenters. The molecule has 0 bridgehead atoms. The number of carboxylic acids is 1. The molecule has 0 fully saturated rings. The number of aliphatic carboxylic acids is 1. The SMILES string of the molecule is Cc1ccc(C)n1-c1c(C(=O)NCc2cn(CC(=O)O)nn2)cnn1C. The van der Waals surface area contributed by atoms with Crippen LogP contribution in [0.2, 0.25) is 0 Å². The molecule has 10 nitrogen and oxygen atoms in total. The highest BCUT2D eigenvalue weighted by Crippen LogP contribution is 2.19. The van der Waals surface area contributed by atoms with E-state index >= 15 is 0 Å². The number of hydrogen-bond acceptors (Lipinski definition) is 5. The zero-order valence-corrected chi connectivity index (χ0v) is 14.7. The summed E-state index contributed by atoms with van der Waals surface area (Å²) < 4.78 is 4.81. The second-order valence-electron chi connectivity index (χ2n) is 5.94. The number of carbonyl (C=O) groups excluding carboxylic acids is 1. The summed E-state index contributed by atoms with van der Waals surface area (Å²) in [7, 11) is 1.78. The van der Waals surface area contributed by atoms with Crippen molar-refractivity contribution < 1.29 is 14.7 Å². The maximum Gasteiger partial charge on any atom is 0.325 e. The van der Waals surface area contributed by atoms with Crippen molar-refractivity contribution in [1.29, 1.82) is 0 Å². The van der Waals surface area contributed by atoms with Gasteiger partial charge in [-0.3, -0.25) is 14.3 Å². The van der Waals surface area contributed by atoms with Crippen LogP contribution in [0.25, 0.3) is 5.82 Å². The lowest BCUT2D eigenvalue weighted by Gasteiger charge is -2.12. The van der Waals surface area contributed by atoms with Crippen LogP contribution < -0.4 is 5.32 Å². The number of carbonyl (C=O) groups is 2. The van der Waals surface area contributed by atoms with Gasteiger partial charge in [-0.1, -0.05) is 5.21 Å².